The van der Waals surface area contributed by atoms with Gasteiger partial charge >= 0.3 is 0 Å². The lowest BCUT2D eigenvalue weighted by Gasteiger charge is -1.99. The van der Waals surface area contributed by atoms with Crippen LogP contribution in [-0.4, -0.2) is 20.9 Å². The molecule has 15 heavy (non-hydrogen) atoms. The normalized spacial score (nSPS) is 10.2. The molecule has 2 N–H and O–H groups in total. The van der Waals surface area contributed by atoms with Crippen molar-refractivity contribution in [3.8, 4) is 0 Å². The number of aromatic nitrogens is 3. The molecule has 6 heteroatoms. The van der Waals surface area contributed by atoms with Crippen LogP contribution >= 0.6 is 11.3 Å². The molecule has 0 aliphatic heterocycles. The second kappa shape index (κ2) is 4.22. The molecule has 2 aromatic heterocycles. The van der Waals surface area contributed by atoms with Crippen molar-refractivity contribution in [2.24, 2.45) is 0 Å². The Labute approximate surface area is 90.6 Å². The summed E-state index contributed by atoms with van der Waals surface area (Å²) in [6.07, 6.45) is 3.16. The fourth-order valence-electron chi connectivity index (χ4n) is 1.11. The zero-order valence-corrected chi connectivity index (χ0v) is 8.97. The van der Waals surface area contributed by atoms with Crippen LogP contribution in [0.5, 0.6) is 0 Å². The smallest absolute Gasteiger partial charge is 0.287 e. The maximum absolute atomic E-state index is 11.5. The average Bonchev–Trinajstić information content (AvgIpc) is 2.84. The first kappa shape index (κ1) is 9.85. The van der Waals surface area contributed by atoms with Gasteiger partial charge in [0.25, 0.3) is 5.91 Å². The van der Waals surface area contributed by atoms with Gasteiger partial charge in [-0.05, 0) is 6.92 Å². The maximum atomic E-state index is 11.5. The zero-order chi connectivity index (χ0) is 10.7. The Hall–Kier alpha value is -1.69. The summed E-state index contributed by atoms with van der Waals surface area (Å²) in [5.74, 6) is 0.108. The molecule has 0 unspecified atom stereocenters. The number of carbonyl (C=O) groups is 1. The molecular weight excluding hydrogens is 212 g/mol. The SMILES string of the molecule is Cc1csc(CNC(=O)c2ncc[nH]2)n1. The minimum Gasteiger partial charge on any atom is -0.343 e. The number of aromatic amines is 1. The summed E-state index contributed by atoms with van der Waals surface area (Å²) >= 11 is 1.53. The van der Waals surface area contributed by atoms with E-state index in [4.69, 9.17) is 0 Å². The van der Waals surface area contributed by atoms with Crippen molar-refractivity contribution in [2.45, 2.75) is 13.5 Å². The van der Waals surface area contributed by atoms with Gasteiger partial charge in [-0.2, -0.15) is 0 Å². The van der Waals surface area contributed by atoms with E-state index in [2.05, 4.69) is 20.3 Å². The molecule has 0 aromatic carbocycles. The lowest BCUT2D eigenvalue weighted by Crippen LogP contribution is -2.23. The van der Waals surface area contributed by atoms with E-state index in [1.165, 1.54) is 11.3 Å². The topological polar surface area (TPSA) is 70.7 Å². The highest BCUT2D eigenvalue weighted by molar-refractivity contribution is 7.09. The fraction of sp³-hybridized carbons (Fsp3) is 0.222. The standard InChI is InChI=1S/C9H10N4OS/c1-6-5-15-7(13-6)4-12-9(14)8-10-2-3-11-8/h2-3,5H,4H2,1H3,(H,10,11)(H,12,14). The predicted molar refractivity (Wildman–Crippen MR) is 56.6 cm³/mol. The van der Waals surface area contributed by atoms with Crippen molar-refractivity contribution in [3.05, 3.63) is 34.3 Å². The van der Waals surface area contributed by atoms with Crippen LogP contribution in [0, 0.1) is 6.92 Å². The number of thiazole rings is 1. The van der Waals surface area contributed by atoms with Crippen LogP contribution in [0.15, 0.2) is 17.8 Å². The van der Waals surface area contributed by atoms with Crippen LogP contribution in [0.25, 0.3) is 0 Å². The fourth-order valence-corrected chi connectivity index (χ4v) is 1.82. The summed E-state index contributed by atoms with van der Waals surface area (Å²) in [4.78, 5) is 22.3. The summed E-state index contributed by atoms with van der Waals surface area (Å²) in [5.41, 5.74) is 0.974. The molecule has 0 saturated heterocycles. The largest absolute Gasteiger partial charge is 0.343 e. The first-order valence-electron chi connectivity index (χ1n) is 4.44. The summed E-state index contributed by atoms with van der Waals surface area (Å²) < 4.78 is 0. The van der Waals surface area contributed by atoms with Gasteiger partial charge in [0, 0.05) is 23.5 Å². The van der Waals surface area contributed by atoms with Gasteiger partial charge in [-0.3, -0.25) is 4.79 Å². The van der Waals surface area contributed by atoms with E-state index in [0.29, 0.717) is 12.4 Å². The monoisotopic (exact) mass is 222 g/mol. The summed E-state index contributed by atoms with van der Waals surface area (Å²) in [6, 6.07) is 0. The molecule has 1 amide bonds. The minimum atomic E-state index is -0.215. The Kier molecular flexibility index (Phi) is 2.77. The molecule has 78 valence electrons. The van der Waals surface area contributed by atoms with Gasteiger partial charge in [0.1, 0.15) is 5.01 Å². The first-order valence-corrected chi connectivity index (χ1v) is 5.32. The Morgan fingerprint density at radius 2 is 2.53 bits per heavy atom. The predicted octanol–water partition coefficient (Wildman–Crippen LogP) is 1.10. The number of nitrogens with zero attached hydrogens (tertiary/aromatic N) is 2. The molecule has 0 bridgehead atoms. The molecule has 0 spiro atoms. The number of amides is 1. The molecule has 2 heterocycles. The average molecular weight is 222 g/mol. The van der Waals surface area contributed by atoms with Crippen molar-refractivity contribution < 1.29 is 4.79 Å². The maximum Gasteiger partial charge on any atom is 0.287 e. The Morgan fingerprint density at radius 1 is 1.67 bits per heavy atom. The van der Waals surface area contributed by atoms with Crippen LogP contribution in [0.2, 0.25) is 0 Å². The molecule has 0 aliphatic rings. The molecule has 2 rings (SSSR count). The van der Waals surface area contributed by atoms with E-state index in [1.54, 1.807) is 12.4 Å². The molecule has 2 aromatic rings. The highest BCUT2D eigenvalue weighted by Gasteiger charge is 2.07. The van der Waals surface area contributed by atoms with Crippen LogP contribution in [0.4, 0.5) is 0 Å². The van der Waals surface area contributed by atoms with Crippen LogP contribution in [0.3, 0.4) is 0 Å². The number of H-pyrrole nitrogens is 1. The van der Waals surface area contributed by atoms with Crippen molar-refractivity contribution >= 4 is 17.2 Å². The number of rotatable bonds is 3. The molecule has 5 nitrogen and oxygen atoms in total. The van der Waals surface area contributed by atoms with Gasteiger partial charge < -0.3 is 10.3 Å². The Morgan fingerprint density at radius 3 is 3.13 bits per heavy atom. The van der Waals surface area contributed by atoms with Crippen LogP contribution in [0.1, 0.15) is 21.3 Å². The second-order valence-electron chi connectivity index (χ2n) is 3.00. The quantitative estimate of drug-likeness (QED) is 0.817. The number of aryl methyl sites for hydroxylation is 1. The van der Waals surface area contributed by atoms with Gasteiger partial charge in [-0.25, -0.2) is 9.97 Å². The van der Waals surface area contributed by atoms with E-state index in [9.17, 15) is 4.79 Å². The Bertz CT molecular complexity index is 448. The summed E-state index contributed by atoms with van der Waals surface area (Å²) in [5, 5.41) is 5.58. The van der Waals surface area contributed by atoms with Crippen molar-refractivity contribution in [1.29, 1.82) is 0 Å². The molecule has 0 atom stereocenters. The minimum absolute atomic E-state index is 0.215. The zero-order valence-electron chi connectivity index (χ0n) is 8.15. The van der Waals surface area contributed by atoms with Crippen molar-refractivity contribution in [2.75, 3.05) is 0 Å². The molecule has 0 saturated carbocycles. The lowest BCUT2D eigenvalue weighted by atomic mass is 10.5. The van der Waals surface area contributed by atoms with Gasteiger partial charge in [-0.15, -0.1) is 11.3 Å². The number of imidazole rings is 1. The van der Waals surface area contributed by atoms with Gasteiger partial charge in [0.2, 0.25) is 0 Å². The third kappa shape index (κ3) is 2.41. The van der Waals surface area contributed by atoms with Crippen LogP contribution < -0.4 is 5.32 Å². The number of hydrogen-bond acceptors (Lipinski definition) is 4. The number of hydrogen-bond donors (Lipinski definition) is 2. The van der Waals surface area contributed by atoms with E-state index >= 15 is 0 Å². The van der Waals surface area contributed by atoms with E-state index in [0.717, 1.165) is 10.7 Å². The lowest BCUT2D eigenvalue weighted by molar-refractivity contribution is 0.0941. The number of carbonyl (C=O) groups excluding carboxylic acids is 1. The van der Waals surface area contributed by atoms with Crippen LogP contribution in [-0.2, 0) is 6.54 Å². The molecule has 0 aliphatic carbocycles. The van der Waals surface area contributed by atoms with E-state index in [1.807, 2.05) is 12.3 Å². The summed E-state index contributed by atoms with van der Waals surface area (Å²) in [7, 11) is 0. The van der Waals surface area contributed by atoms with Crippen molar-refractivity contribution in [1.82, 2.24) is 20.3 Å². The highest BCUT2D eigenvalue weighted by Crippen LogP contribution is 2.07. The highest BCUT2D eigenvalue weighted by atomic mass is 32.1. The van der Waals surface area contributed by atoms with Gasteiger partial charge in [-0.1, -0.05) is 0 Å². The summed E-state index contributed by atoms with van der Waals surface area (Å²) in [6.45, 7) is 2.37. The third-order valence-electron chi connectivity index (χ3n) is 1.78. The van der Waals surface area contributed by atoms with Crippen molar-refractivity contribution in [3.63, 3.8) is 0 Å². The third-order valence-corrected chi connectivity index (χ3v) is 2.75. The molecule has 0 fully saturated rings. The van der Waals surface area contributed by atoms with E-state index < -0.39 is 0 Å². The molecule has 0 radical (unpaired) electrons. The van der Waals surface area contributed by atoms with E-state index in [-0.39, 0.29) is 5.91 Å². The second-order valence-corrected chi connectivity index (χ2v) is 3.95. The van der Waals surface area contributed by atoms with Gasteiger partial charge in [0.15, 0.2) is 5.82 Å². The first-order chi connectivity index (χ1) is 7.25. The Balaban J connectivity index is 1.91. The molecular formula is C9H10N4OS. The van der Waals surface area contributed by atoms with Gasteiger partial charge in [0.05, 0.1) is 6.54 Å². The number of nitrogens with one attached hydrogen (secondary N) is 2.